The Hall–Kier alpha value is -1.27. The van der Waals surface area contributed by atoms with Crippen molar-refractivity contribution in [3.63, 3.8) is 0 Å². The second kappa shape index (κ2) is 7.13. The Morgan fingerprint density at radius 2 is 2.24 bits per heavy atom. The third-order valence-corrected chi connectivity index (χ3v) is 2.72. The van der Waals surface area contributed by atoms with Crippen LogP contribution < -0.4 is 5.32 Å². The molecule has 0 aliphatic heterocycles. The molecule has 3 heteroatoms. The van der Waals surface area contributed by atoms with Crippen LogP contribution in [-0.4, -0.2) is 16.3 Å². The monoisotopic (exact) mass is 233 g/mol. The van der Waals surface area contributed by atoms with Gasteiger partial charge in [-0.2, -0.15) is 5.10 Å². The first-order chi connectivity index (χ1) is 8.15. The van der Waals surface area contributed by atoms with Crippen LogP contribution in [0.25, 0.3) is 0 Å². The number of terminal acetylenes is 1. The summed E-state index contributed by atoms with van der Waals surface area (Å²) in [5.41, 5.74) is 2.50. The van der Waals surface area contributed by atoms with Gasteiger partial charge in [-0.25, -0.2) is 0 Å². The van der Waals surface area contributed by atoms with Crippen molar-refractivity contribution < 1.29 is 0 Å². The molecule has 1 aromatic heterocycles. The summed E-state index contributed by atoms with van der Waals surface area (Å²) in [6.07, 6.45) is 10.4. The van der Waals surface area contributed by atoms with Gasteiger partial charge in [0.1, 0.15) is 0 Å². The van der Waals surface area contributed by atoms with Gasteiger partial charge in [-0.15, -0.1) is 12.3 Å². The van der Waals surface area contributed by atoms with Crippen molar-refractivity contribution in [2.24, 2.45) is 7.05 Å². The van der Waals surface area contributed by atoms with E-state index in [0.29, 0.717) is 5.92 Å². The van der Waals surface area contributed by atoms with Crippen LogP contribution in [0, 0.1) is 12.3 Å². The first kappa shape index (κ1) is 13.8. The van der Waals surface area contributed by atoms with E-state index in [1.54, 1.807) is 0 Å². The summed E-state index contributed by atoms with van der Waals surface area (Å²) in [5.74, 6) is 3.14. The molecule has 94 valence electrons. The third kappa shape index (κ3) is 4.62. The van der Waals surface area contributed by atoms with Crippen LogP contribution in [0.3, 0.4) is 0 Å². The number of hydrogen-bond donors (Lipinski definition) is 1. The van der Waals surface area contributed by atoms with Crippen LogP contribution in [0.15, 0.2) is 6.20 Å². The molecule has 0 amide bonds. The Balaban J connectivity index is 2.34. The lowest BCUT2D eigenvalue weighted by Crippen LogP contribution is -2.15. The van der Waals surface area contributed by atoms with E-state index in [4.69, 9.17) is 6.42 Å². The Labute approximate surface area is 105 Å². The zero-order valence-electron chi connectivity index (χ0n) is 11.2. The first-order valence-electron chi connectivity index (χ1n) is 6.31. The standard InChI is InChI=1S/C14H23N3/c1-5-6-7-8-9-15-10-13-11-17(4)16-14(13)12(2)3/h1,11-12,15H,6-10H2,2-4H3. The first-order valence-corrected chi connectivity index (χ1v) is 6.31. The average molecular weight is 233 g/mol. The lowest BCUT2D eigenvalue weighted by Gasteiger charge is -2.06. The van der Waals surface area contributed by atoms with Crippen LogP contribution in [0.5, 0.6) is 0 Å². The van der Waals surface area contributed by atoms with Gasteiger partial charge in [0.15, 0.2) is 0 Å². The molecule has 0 fully saturated rings. The Morgan fingerprint density at radius 1 is 1.47 bits per heavy atom. The molecule has 0 radical (unpaired) electrons. The Morgan fingerprint density at radius 3 is 2.88 bits per heavy atom. The molecule has 17 heavy (non-hydrogen) atoms. The molecule has 1 rings (SSSR count). The van der Waals surface area contributed by atoms with Gasteiger partial charge in [0.2, 0.25) is 0 Å². The van der Waals surface area contributed by atoms with Crippen molar-refractivity contribution in [2.45, 2.75) is 45.6 Å². The van der Waals surface area contributed by atoms with Crippen molar-refractivity contribution in [3.05, 3.63) is 17.5 Å². The highest BCUT2D eigenvalue weighted by molar-refractivity contribution is 5.19. The van der Waals surface area contributed by atoms with Gasteiger partial charge in [-0.1, -0.05) is 13.8 Å². The quantitative estimate of drug-likeness (QED) is 0.579. The maximum Gasteiger partial charge on any atom is 0.0694 e. The minimum atomic E-state index is 0.481. The van der Waals surface area contributed by atoms with Crippen molar-refractivity contribution in [3.8, 4) is 12.3 Å². The summed E-state index contributed by atoms with van der Waals surface area (Å²) in [6.45, 7) is 6.28. The summed E-state index contributed by atoms with van der Waals surface area (Å²) in [6, 6.07) is 0. The maximum atomic E-state index is 5.21. The minimum Gasteiger partial charge on any atom is -0.313 e. The molecule has 0 spiro atoms. The molecule has 0 saturated heterocycles. The Kier molecular flexibility index (Phi) is 5.79. The SMILES string of the molecule is C#CCCCCNCc1cn(C)nc1C(C)C. The molecule has 0 aromatic carbocycles. The second-order valence-corrected chi connectivity index (χ2v) is 4.71. The molecule has 1 heterocycles. The molecule has 0 unspecified atom stereocenters. The smallest absolute Gasteiger partial charge is 0.0694 e. The topological polar surface area (TPSA) is 29.9 Å². The van der Waals surface area contributed by atoms with Crippen molar-refractivity contribution in [1.82, 2.24) is 15.1 Å². The molecule has 0 bridgehead atoms. The van der Waals surface area contributed by atoms with Crippen LogP contribution in [0.1, 0.15) is 50.3 Å². The molecule has 1 aromatic rings. The third-order valence-electron chi connectivity index (χ3n) is 2.72. The molecule has 3 nitrogen and oxygen atoms in total. The van der Waals surface area contributed by atoms with E-state index in [1.807, 2.05) is 11.7 Å². The average Bonchev–Trinajstić information content (AvgIpc) is 2.65. The molecular formula is C14H23N3. The fraction of sp³-hybridized carbons (Fsp3) is 0.643. The van der Waals surface area contributed by atoms with Gasteiger partial charge in [0.25, 0.3) is 0 Å². The van der Waals surface area contributed by atoms with Gasteiger partial charge >= 0.3 is 0 Å². The predicted molar refractivity (Wildman–Crippen MR) is 71.7 cm³/mol. The van der Waals surface area contributed by atoms with E-state index in [1.165, 1.54) is 11.3 Å². The van der Waals surface area contributed by atoms with Crippen molar-refractivity contribution in [2.75, 3.05) is 6.54 Å². The van der Waals surface area contributed by atoms with E-state index in [-0.39, 0.29) is 0 Å². The van der Waals surface area contributed by atoms with E-state index in [2.05, 4.69) is 36.4 Å². The summed E-state index contributed by atoms with van der Waals surface area (Å²) < 4.78 is 1.89. The molecular weight excluding hydrogens is 210 g/mol. The van der Waals surface area contributed by atoms with Gasteiger partial charge in [0, 0.05) is 31.8 Å². The highest BCUT2D eigenvalue weighted by atomic mass is 15.3. The number of aryl methyl sites for hydroxylation is 1. The molecule has 0 aliphatic carbocycles. The lowest BCUT2D eigenvalue weighted by molar-refractivity contribution is 0.624. The highest BCUT2D eigenvalue weighted by Gasteiger charge is 2.10. The normalized spacial score (nSPS) is 10.8. The zero-order chi connectivity index (χ0) is 12.7. The molecule has 0 saturated carbocycles. The minimum absolute atomic E-state index is 0.481. The van der Waals surface area contributed by atoms with Crippen LogP contribution in [-0.2, 0) is 13.6 Å². The van der Waals surface area contributed by atoms with Crippen LogP contribution in [0.2, 0.25) is 0 Å². The fourth-order valence-corrected chi connectivity index (χ4v) is 1.88. The largest absolute Gasteiger partial charge is 0.313 e. The zero-order valence-corrected chi connectivity index (χ0v) is 11.2. The number of unbranched alkanes of at least 4 members (excludes halogenated alkanes) is 2. The van der Waals surface area contributed by atoms with Crippen molar-refractivity contribution >= 4 is 0 Å². The van der Waals surface area contributed by atoms with Gasteiger partial charge in [-0.05, 0) is 25.3 Å². The summed E-state index contributed by atoms with van der Waals surface area (Å²) >= 11 is 0. The molecule has 0 aliphatic rings. The fourth-order valence-electron chi connectivity index (χ4n) is 1.88. The maximum absolute atomic E-state index is 5.21. The molecule has 1 N–H and O–H groups in total. The number of rotatable bonds is 7. The number of hydrogen-bond acceptors (Lipinski definition) is 2. The van der Waals surface area contributed by atoms with E-state index in [9.17, 15) is 0 Å². The van der Waals surface area contributed by atoms with Crippen LogP contribution >= 0.6 is 0 Å². The van der Waals surface area contributed by atoms with E-state index < -0.39 is 0 Å². The van der Waals surface area contributed by atoms with Crippen LogP contribution in [0.4, 0.5) is 0 Å². The number of nitrogens with one attached hydrogen (secondary N) is 1. The number of nitrogens with zero attached hydrogens (tertiary/aromatic N) is 2. The Bertz CT molecular complexity index is 371. The number of aromatic nitrogens is 2. The van der Waals surface area contributed by atoms with E-state index >= 15 is 0 Å². The molecule has 0 atom stereocenters. The van der Waals surface area contributed by atoms with Crippen molar-refractivity contribution in [1.29, 1.82) is 0 Å². The van der Waals surface area contributed by atoms with Gasteiger partial charge < -0.3 is 5.32 Å². The van der Waals surface area contributed by atoms with E-state index in [0.717, 1.165) is 32.4 Å². The second-order valence-electron chi connectivity index (χ2n) is 4.71. The summed E-state index contributed by atoms with van der Waals surface area (Å²) in [5, 5.41) is 7.94. The highest BCUT2D eigenvalue weighted by Crippen LogP contribution is 2.16. The van der Waals surface area contributed by atoms with Gasteiger partial charge in [0.05, 0.1) is 5.69 Å². The summed E-state index contributed by atoms with van der Waals surface area (Å²) in [4.78, 5) is 0. The summed E-state index contributed by atoms with van der Waals surface area (Å²) in [7, 11) is 1.97. The van der Waals surface area contributed by atoms with Gasteiger partial charge in [-0.3, -0.25) is 4.68 Å². The predicted octanol–water partition coefficient (Wildman–Crippen LogP) is 2.44. The lowest BCUT2D eigenvalue weighted by atomic mass is 10.1.